The fourth-order valence-electron chi connectivity index (χ4n) is 1.30. The summed E-state index contributed by atoms with van der Waals surface area (Å²) in [7, 11) is 0. The summed E-state index contributed by atoms with van der Waals surface area (Å²) in [5.41, 5.74) is 2.74. The Morgan fingerprint density at radius 1 is 0.632 bits per heavy atom. The Kier molecular flexibility index (Phi) is 10.6. The average Bonchev–Trinajstić information content (AvgIpc) is 3.11. The Bertz CT molecular complexity index is 396. The van der Waals surface area contributed by atoms with E-state index in [4.69, 9.17) is 0 Å². The van der Waals surface area contributed by atoms with Gasteiger partial charge in [0.15, 0.2) is 0 Å². The van der Waals surface area contributed by atoms with Gasteiger partial charge in [0.05, 0.1) is 0 Å². The molecule has 0 nitrogen and oxygen atoms in total. The second kappa shape index (κ2) is 11.5. The molecule has 0 spiro atoms. The molecule has 0 unspecified atom stereocenters. The summed E-state index contributed by atoms with van der Waals surface area (Å²) in [6.45, 7) is 4.24. The molecule has 19 heavy (non-hydrogen) atoms. The summed E-state index contributed by atoms with van der Waals surface area (Å²) in [6.07, 6.45) is 0. The van der Waals surface area contributed by atoms with E-state index in [0.29, 0.717) is 0 Å². The molecule has 0 heterocycles. The number of aryl methyl sites for hydroxylation is 2. The minimum Gasteiger partial charge on any atom is -0.748 e. The van der Waals surface area contributed by atoms with Crippen LogP contribution in [0.4, 0.5) is 0 Å². The molecule has 0 aliphatic heterocycles. The number of hydrogen-bond donors (Lipinski definition) is 0. The Morgan fingerprint density at radius 3 is 1.21 bits per heavy atom. The predicted molar refractivity (Wildman–Crippen MR) is 80.0 cm³/mol. The van der Waals surface area contributed by atoms with Crippen LogP contribution in [0.25, 0.3) is 0 Å². The van der Waals surface area contributed by atoms with Gasteiger partial charge in [-0.3, -0.25) is 0 Å². The third-order valence-corrected chi connectivity index (χ3v) is 2.54. The fraction of sp³-hybridized carbons (Fsp3) is 0.111. The fourth-order valence-corrected chi connectivity index (χ4v) is 1.30. The molecular formula is C18H20Fe-6. The van der Waals surface area contributed by atoms with E-state index in [9.17, 15) is 0 Å². The van der Waals surface area contributed by atoms with Crippen molar-refractivity contribution >= 4 is 0 Å². The van der Waals surface area contributed by atoms with E-state index in [2.05, 4.69) is 38.1 Å². The first-order valence-electron chi connectivity index (χ1n) is 6.16. The van der Waals surface area contributed by atoms with Gasteiger partial charge in [-0.25, -0.2) is 12.1 Å². The molecule has 0 amide bonds. The van der Waals surface area contributed by atoms with Crippen LogP contribution in [-0.4, -0.2) is 0 Å². The summed E-state index contributed by atoms with van der Waals surface area (Å²) >= 11 is 0. The van der Waals surface area contributed by atoms with Crippen molar-refractivity contribution in [3.8, 4) is 0 Å². The predicted octanol–water partition coefficient (Wildman–Crippen LogP) is 5.11. The molecule has 0 radical (unpaired) electrons. The summed E-state index contributed by atoms with van der Waals surface area (Å²) in [6, 6.07) is 28.4. The van der Waals surface area contributed by atoms with Crippen LogP contribution >= 0.6 is 0 Å². The Balaban J connectivity index is 0.000000259. The van der Waals surface area contributed by atoms with E-state index in [1.54, 1.807) is 0 Å². The van der Waals surface area contributed by atoms with Crippen molar-refractivity contribution in [3.05, 3.63) is 96.1 Å². The molecule has 0 N–H and O–H groups in total. The summed E-state index contributed by atoms with van der Waals surface area (Å²) in [4.78, 5) is 0. The largest absolute Gasteiger partial charge is 0.748 e. The summed E-state index contributed by atoms with van der Waals surface area (Å²) in [5.74, 6) is 0. The van der Waals surface area contributed by atoms with Crippen LogP contribution in [0, 0.1) is 13.8 Å². The maximum atomic E-state index is 2.12. The summed E-state index contributed by atoms with van der Waals surface area (Å²) < 4.78 is 0. The van der Waals surface area contributed by atoms with Crippen LogP contribution in [0.5, 0.6) is 0 Å². The van der Waals surface area contributed by atoms with Gasteiger partial charge in [-0.05, 0) is 25.0 Å². The third kappa shape index (κ3) is 9.07. The Hall–Kier alpha value is -1.56. The average molecular weight is 292 g/mol. The number of benzene rings is 1. The van der Waals surface area contributed by atoms with Gasteiger partial charge in [-0.2, -0.15) is 18.2 Å². The van der Waals surface area contributed by atoms with Gasteiger partial charge < -0.3 is 30.3 Å². The van der Waals surface area contributed by atoms with Gasteiger partial charge in [0, 0.05) is 17.1 Å². The molecule has 3 aromatic carbocycles. The van der Waals surface area contributed by atoms with Gasteiger partial charge in [-0.15, -0.1) is 0 Å². The SMILES string of the molecule is Cc1ccccc1C.[Fe].[cH-]1[cH-][cH-][cH-][cH-]1.c1cc[cH-]c1. The van der Waals surface area contributed by atoms with Gasteiger partial charge in [-0.1, -0.05) is 24.3 Å². The standard InChI is InChI=1S/C8H10.2C5H5.Fe/c1-7-5-3-4-6-8(7)2;2*1-2-4-5-3-1;/h3-6H,1-2H3;2*1-5H;/q;-5;-1;. The molecule has 0 bridgehead atoms. The molecule has 1 heteroatoms. The van der Waals surface area contributed by atoms with Crippen molar-refractivity contribution in [1.82, 2.24) is 0 Å². The van der Waals surface area contributed by atoms with Crippen molar-refractivity contribution in [3.63, 3.8) is 0 Å². The van der Waals surface area contributed by atoms with E-state index in [0.717, 1.165) is 0 Å². The molecule has 3 rings (SSSR count). The maximum Gasteiger partial charge on any atom is 0 e. The zero-order chi connectivity index (χ0) is 13.1. The molecule has 106 valence electrons. The van der Waals surface area contributed by atoms with E-state index in [1.807, 2.05) is 60.7 Å². The monoisotopic (exact) mass is 292 g/mol. The zero-order valence-corrected chi connectivity index (χ0v) is 12.5. The van der Waals surface area contributed by atoms with Gasteiger partial charge >= 0.3 is 0 Å². The van der Waals surface area contributed by atoms with Crippen LogP contribution < -0.4 is 0 Å². The van der Waals surface area contributed by atoms with Crippen molar-refractivity contribution < 1.29 is 17.1 Å². The van der Waals surface area contributed by atoms with Gasteiger partial charge in [0.25, 0.3) is 0 Å². The third-order valence-electron chi connectivity index (χ3n) is 2.54. The zero-order valence-electron chi connectivity index (χ0n) is 11.4. The molecule has 0 saturated heterocycles. The van der Waals surface area contributed by atoms with Crippen LogP contribution in [0.15, 0.2) is 84.9 Å². The minimum absolute atomic E-state index is 0. The van der Waals surface area contributed by atoms with Crippen molar-refractivity contribution in [2.24, 2.45) is 0 Å². The topological polar surface area (TPSA) is 0 Å². The molecule has 0 fully saturated rings. The van der Waals surface area contributed by atoms with Crippen molar-refractivity contribution in [2.75, 3.05) is 0 Å². The second-order valence-electron chi connectivity index (χ2n) is 4.01. The van der Waals surface area contributed by atoms with Gasteiger partial charge in [0.1, 0.15) is 0 Å². The molecule has 3 aromatic rings. The quantitative estimate of drug-likeness (QED) is 0.399. The second-order valence-corrected chi connectivity index (χ2v) is 4.01. The van der Waals surface area contributed by atoms with Gasteiger partial charge in [0.2, 0.25) is 0 Å². The number of rotatable bonds is 0. The molecule has 0 aliphatic rings. The van der Waals surface area contributed by atoms with E-state index >= 15 is 0 Å². The van der Waals surface area contributed by atoms with E-state index in [-0.39, 0.29) is 17.1 Å². The first kappa shape index (κ1) is 17.4. The normalized spacial score (nSPS) is 8.11. The summed E-state index contributed by atoms with van der Waals surface area (Å²) in [5, 5.41) is 0. The smallest absolute Gasteiger partial charge is 0 e. The first-order valence-corrected chi connectivity index (χ1v) is 6.16. The van der Waals surface area contributed by atoms with Crippen LogP contribution in [0.3, 0.4) is 0 Å². The van der Waals surface area contributed by atoms with Crippen LogP contribution in [-0.2, 0) is 17.1 Å². The molecule has 0 aromatic heterocycles. The van der Waals surface area contributed by atoms with Crippen LogP contribution in [0.1, 0.15) is 11.1 Å². The molecular weight excluding hydrogens is 272 g/mol. The van der Waals surface area contributed by atoms with E-state index in [1.165, 1.54) is 11.1 Å². The van der Waals surface area contributed by atoms with Crippen molar-refractivity contribution in [1.29, 1.82) is 0 Å². The minimum atomic E-state index is 0. The number of hydrogen-bond acceptors (Lipinski definition) is 0. The van der Waals surface area contributed by atoms with Crippen LogP contribution in [0.2, 0.25) is 0 Å². The first-order chi connectivity index (χ1) is 8.80. The Labute approximate surface area is 127 Å². The molecule has 0 saturated carbocycles. The Morgan fingerprint density at radius 2 is 1.00 bits per heavy atom. The molecule has 0 aliphatic carbocycles. The van der Waals surface area contributed by atoms with E-state index < -0.39 is 0 Å². The maximum absolute atomic E-state index is 2.12. The van der Waals surface area contributed by atoms with Crippen molar-refractivity contribution in [2.45, 2.75) is 13.8 Å². The molecule has 0 atom stereocenters.